The second kappa shape index (κ2) is 5.94. The van der Waals surface area contributed by atoms with Crippen molar-refractivity contribution in [2.75, 3.05) is 0 Å². The summed E-state index contributed by atoms with van der Waals surface area (Å²) in [6.07, 6.45) is 1.69. The SMILES string of the molecule is CC(N)c1cn(CC(=O)NC(C)c2cccs2)nn1. The van der Waals surface area contributed by atoms with Crippen LogP contribution in [0, 0.1) is 0 Å². The maximum Gasteiger partial charge on any atom is 0.242 e. The number of nitrogens with one attached hydrogen (secondary N) is 1. The molecular formula is C12H17N5OS. The second-order valence-electron chi connectivity index (χ2n) is 4.43. The topological polar surface area (TPSA) is 85.8 Å². The minimum Gasteiger partial charge on any atom is -0.347 e. The van der Waals surface area contributed by atoms with E-state index >= 15 is 0 Å². The monoisotopic (exact) mass is 279 g/mol. The highest BCUT2D eigenvalue weighted by Crippen LogP contribution is 2.17. The van der Waals surface area contributed by atoms with E-state index in [1.165, 1.54) is 4.68 Å². The highest BCUT2D eigenvalue weighted by molar-refractivity contribution is 7.10. The quantitative estimate of drug-likeness (QED) is 0.862. The Kier molecular flexibility index (Phi) is 4.28. The van der Waals surface area contributed by atoms with Gasteiger partial charge < -0.3 is 11.1 Å². The molecule has 2 rings (SSSR count). The summed E-state index contributed by atoms with van der Waals surface area (Å²) in [6.45, 7) is 3.93. The van der Waals surface area contributed by atoms with Gasteiger partial charge in [-0.25, -0.2) is 4.68 Å². The Balaban J connectivity index is 1.90. The highest BCUT2D eigenvalue weighted by atomic mass is 32.1. The molecule has 0 radical (unpaired) electrons. The van der Waals surface area contributed by atoms with Crippen LogP contribution >= 0.6 is 11.3 Å². The molecule has 2 aromatic heterocycles. The lowest BCUT2D eigenvalue weighted by Crippen LogP contribution is -2.29. The summed E-state index contributed by atoms with van der Waals surface area (Å²) in [5.74, 6) is -0.0953. The number of hydrogen-bond acceptors (Lipinski definition) is 5. The fourth-order valence-electron chi connectivity index (χ4n) is 1.64. The van der Waals surface area contributed by atoms with E-state index < -0.39 is 0 Å². The number of carbonyl (C=O) groups excluding carboxylic acids is 1. The Bertz CT molecular complexity index is 534. The van der Waals surface area contributed by atoms with Crippen molar-refractivity contribution in [1.82, 2.24) is 20.3 Å². The van der Waals surface area contributed by atoms with E-state index in [1.54, 1.807) is 17.5 Å². The largest absolute Gasteiger partial charge is 0.347 e. The third kappa shape index (κ3) is 3.62. The molecule has 3 N–H and O–H groups in total. The molecule has 7 heteroatoms. The van der Waals surface area contributed by atoms with Crippen LogP contribution < -0.4 is 11.1 Å². The molecule has 2 atom stereocenters. The second-order valence-corrected chi connectivity index (χ2v) is 5.41. The summed E-state index contributed by atoms with van der Waals surface area (Å²) in [7, 11) is 0. The van der Waals surface area contributed by atoms with Crippen molar-refractivity contribution in [2.24, 2.45) is 5.73 Å². The van der Waals surface area contributed by atoms with Crippen LogP contribution in [-0.2, 0) is 11.3 Å². The van der Waals surface area contributed by atoms with Crippen molar-refractivity contribution >= 4 is 17.2 Å². The van der Waals surface area contributed by atoms with Crippen LogP contribution in [0.2, 0.25) is 0 Å². The van der Waals surface area contributed by atoms with Crippen molar-refractivity contribution in [3.05, 3.63) is 34.3 Å². The van der Waals surface area contributed by atoms with Crippen LogP contribution in [0.3, 0.4) is 0 Å². The van der Waals surface area contributed by atoms with Gasteiger partial charge in [0.05, 0.1) is 17.9 Å². The van der Waals surface area contributed by atoms with Crippen LogP contribution in [0.25, 0.3) is 0 Å². The molecule has 0 aliphatic rings. The number of nitrogens with zero attached hydrogens (tertiary/aromatic N) is 3. The standard InChI is InChI=1S/C12H17N5OS/c1-8(13)10-6-17(16-15-10)7-12(18)14-9(2)11-4-3-5-19-11/h3-6,8-9H,7,13H2,1-2H3,(H,14,18). The first-order valence-corrected chi connectivity index (χ1v) is 6.92. The molecule has 0 fully saturated rings. The lowest BCUT2D eigenvalue weighted by molar-refractivity contribution is -0.122. The first kappa shape index (κ1) is 13.7. The molecule has 1 amide bonds. The maximum absolute atomic E-state index is 11.9. The minimum atomic E-state index is -0.179. The Labute approximate surface area is 115 Å². The van der Waals surface area contributed by atoms with Crippen molar-refractivity contribution < 1.29 is 4.79 Å². The van der Waals surface area contributed by atoms with E-state index in [-0.39, 0.29) is 24.5 Å². The van der Waals surface area contributed by atoms with Gasteiger partial charge in [0.2, 0.25) is 5.91 Å². The summed E-state index contributed by atoms with van der Waals surface area (Å²) in [6, 6.07) is 3.79. The van der Waals surface area contributed by atoms with Crippen LogP contribution in [0.15, 0.2) is 23.7 Å². The van der Waals surface area contributed by atoms with E-state index in [0.29, 0.717) is 5.69 Å². The summed E-state index contributed by atoms with van der Waals surface area (Å²) in [4.78, 5) is 13.0. The van der Waals surface area contributed by atoms with Gasteiger partial charge in [-0.1, -0.05) is 11.3 Å². The van der Waals surface area contributed by atoms with Gasteiger partial charge in [-0.15, -0.1) is 16.4 Å². The zero-order valence-electron chi connectivity index (χ0n) is 10.9. The smallest absolute Gasteiger partial charge is 0.242 e. The fourth-order valence-corrected chi connectivity index (χ4v) is 2.38. The number of carbonyl (C=O) groups is 1. The fraction of sp³-hybridized carbons (Fsp3) is 0.417. The number of rotatable bonds is 5. The van der Waals surface area contributed by atoms with E-state index in [9.17, 15) is 4.79 Å². The zero-order valence-corrected chi connectivity index (χ0v) is 11.7. The molecule has 0 aromatic carbocycles. The Hall–Kier alpha value is -1.73. The highest BCUT2D eigenvalue weighted by Gasteiger charge is 2.12. The first-order valence-electron chi connectivity index (χ1n) is 6.04. The Morgan fingerprint density at radius 2 is 2.37 bits per heavy atom. The number of hydrogen-bond donors (Lipinski definition) is 2. The van der Waals surface area contributed by atoms with Gasteiger partial charge in [0.15, 0.2) is 0 Å². The zero-order chi connectivity index (χ0) is 13.8. The van der Waals surface area contributed by atoms with Gasteiger partial charge in [0.25, 0.3) is 0 Å². The molecule has 6 nitrogen and oxygen atoms in total. The predicted molar refractivity (Wildman–Crippen MR) is 73.5 cm³/mol. The van der Waals surface area contributed by atoms with Gasteiger partial charge in [0, 0.05) is 10.9 Å². The van der Waals surface area contributed by atoms with E-state index in [4.69, 9.17) is 5.73 Å². The van der Waals surface area contributed by atoms with Gasteiger partial charge in [0.1, 0.15) is 6.54 Å². The molecule has 0 aliphatic heterocycles. The first-order chi connectivity index (χ1) is 9.06. The number of thiophene rings is 1. The summed E-state index contributed by atoms with van der Waals surface area (Å²) < 4.78 is 1.50. The summed E-state index contributed by atoms with van der Waals surface area (Å²) >= 11 is 1.62. The molecule has 2 unspecified atom stereocenters. The van der Waals surface area contributed by atoms with Crippen molar-refractivity contribution in [3.63, 3.8) is 0 Å². The molecule has 2 heterocycles. The molecule has 0 aliphatic carbocycles. The molecule has 0 spiro atoms. The average Bonchev–Trinajstić information content (AvgIpc) is 2.98. The van der Waals surface area contributed by atoms with Crippen molar-refractivity contribution in [3.8, 4) is 0 Å². The number of amides is 1. The van der Waals surface area contributed by atoms with Gasteiger partial charge in [-0.3, -0.25) is 4.79 Å². The van der Waals surface area contributed by atoms with Gasteiger partial charge in [-0.2, -0.15) is 0 Å². The third-order valence-corrected chi connectivity index (χ3v) is 3.73. The predicted octanol–water partition coefficient (Wildman–Crippen LogP) is 1.24. The molecular weight excluding hydrogens is 262 g/mol. The molecule has 19 heavy (non-hydrogen) atoms. The normalized spacial score (nSPS) is 14.1. The molecule has 0 saturated carbocycles. The lowest BCUT2D eigenvalue weighted by Gasteiger charge is -2.11. The number of aromatic nitrogens is 3. The maximum atomic E-state index is 11.9. The molecule has 2 aromatic rings. The van der Waals surface area contributed by atoms with Crippen molar-refractivity contribution in [1.29, 1.82) is 0 Å². The van der Waals surface area contributed by atoms with Crippen LogP contribution in [0.4, 0.5) is 0 Å². The lowest BCUT2D eigenvalue weighted by atomic mass is 10.2. The Morgan fingerprint density at radius 3 is 2.95 bits per heavy atom. The minimum absolute atomic E-state index is 0.00363. The third-order valence-electron chi connectivity index (χ3n) is 2.68. The summed E-state index contributed by atoms with van der Waals surface area (Å²) in [5, 5.41) is 12.7. The van der Waals surface area contributed by atoms with E-state index in [2.05, 4.69) is 15.6 Å². The average molecular weight is 279 g/mol. The summed E-state index contributed by atoms with van der Waals surface area (Å²) in [5.41, 5.74) is 6.37. The van der Waals surface area contributed by atoms with Crippen LogP contribution in [0.1, 0.15) is 36.5 Å². The molecule has 0 bridgehead atoms. The van der Waals surface area contributed by atoms with Crippen molar-refractivity contribution in [2.45, 2.75) is 32.5 Å². The van der Waals surface area contributed by atoms with Crippen LogP contribution in [-0.4, -0.2) is 20.9 Å². The number of nitrogens with two attached hydrogens (primary N) is 1. The Morgan fingerprint density at radius 1 is 1.58 bits per heavy atom. The van der Waals surface area contributed by atoms with E-state index in [0.717, 1.165) is 4.88 Å². The van der Waals surface area contributed by atoms with E-state index in [1.807, 2.05) is 31.4 Å². The molecule has 102 valence electrons. The van der Waals surface area contributed by atoms with Gasteiger partial charge in [-0.05, 0) is 25.3 Å². The van der Waals surface area contributed by atoms with Crippen LogP contribution in [0.5, 0.6) is 0 Å². The molecule has 0 saturated heterocycles. The van der Waals surface area contributed by atoms with Gasteiger partial charge >= 0.3 is 0 Å².